The molecule has 1 aromatic heterocycles. The van der Waals surface area contributed by atoms with Crippen molar-refractivity contribution in [3.05, 3.63) is 11.9 Å². The van der Waals surface area contributed by atoms with Crippen LogP contribution >= 0.6 is 11.6 Å². The fourth-order valence-corrected chi connectivity index (χ4v) is 1.93. The Labute approximate surface area is 108 Å². The van der Waals surface area contributed by atoms with Crippen LogP contribution in [0.5, 0.6) is 5.88 Å². The molecule has 0 amide bonds. The van der Waals surface area contributed by atoms with Gasteiger partial charge < -0.3 is 9.64 Å². The van der Waals surface area contributed by atoms with Crippen molar-refractivity contribution in [3.8, 4) is 5.88 Å². The molecule has 17 heavy (non-hydrogen) atoms. The molecular formula is C12H20ClN3O. The minimum Gasteiger partial charge on any atom is -0.481 e. The highest BCUT2D eigenvalue weighted by Gasteiger charge is 2.13. The van der Waals surface area contributed by atoms with E-state index in [-0.39, 0.29) is 0 Å². The van der Waals surface area contributed by atoms with Crippen LogP contribution in [0.25, 0.3) is 0 Å². The van der Waals surface area contributed by atoms with E-state index in [1.54, 1.807) is 7.11 Å². The van der Waals surface area contributed by atoms with Crippen LogP contribution in [0.3, 0.4) is 0 Å². The van der Waals surface area contributed by atoms with Gasteiger partial charge >= 0.3 is 0 Å². The number of alkyl halides is 1. The smallest absolute Gasteiger partial charge is 0.221 e. The predicted molar refractivity (Wildman–Crippen MR) is 71.2 cm³/mol. The van der Waals surface area contributed by atoms with Gasteiger partial charge in [-0.3, -0.25) is 0 Å². The molecule has 0 aliphatic heterocycles. The Morgan fingerprint density at radius 1 is 1.35 bits per heavy atom. The van der Waals surface area contributed by atoms with E-state index < -0.39 is 0 Å². The van der Waals surface area contributed by atoms with E-state index in [2.05, 4.69) is 21.8 Å². The highest BCUT2D eigenvalue weighted by molar-refractivity contribution is 6.18. The Balaban J connectivity index is 2.92. The van der Waals surface area contributed by atoms with Crippen LogP contribution in [0, 0.1) is 6.92 Å². The maximum absolute atomic E-state index is 5.83. The average molecular weight is 258 g/mol. The Morgan fingerprint density at radius 3 is 2.71 bits per heavy atom. The molecule has 0 N–H and O–H groups in total. The maximum Gasteiger partial charge on any atom is 0.221 e. The van der Waals surface area contributed by atoms with Crippen LogP contribution in [-0.2, 0) is 0 Å². The van der Waals surface area contributed by atoms with Gasteiger partial charge in [0, 0.05) is 19.0 Å². The molecule has 0 atom stereocenters. The molecule has 1 rings (SSSR count). The fourth-order valence-electron chi connectivity index (χ4n) is 1.72. The number of unbranched alkanes of at least 4 members (excludes halogenated alkanes) is 1. The normalized spacial score (nSPS) is 10.4. The quantitative estimate of drug-likeness (QED) is 0.704. The minimum atomic E-state index is 0.593. The number of halogens is 1. The Morgan fingerprint density at radius 2 is 2.12 bits per heavy atom. The Kier molecular flexibility index (Phi) is 6.05. The standard InChI is InChI=1S/C12H20ClN3O/c1-4-5-7-16(8-6-13)11-10(2)12(17-3)15-9-14-11/h9H,4-8H2,1-3H3. The number of hydrogen-bond donors (Lipinski definition) is 0. The lowest BCUT2D eigenvalue weighted by molar-refractivity contribution is 0.393. The molecule has 4 nitrogen and oxygen atoms in total. The third kappa shape index (κ3) is 3.73. The minimum absolute atomic E-state index is 0.593. The summed E-state index contributed by atoms with van der Waals surface area (Å²) >= 11 is 5.83. The zero-order valence-electron chi connectivity index (χ0n) is 10.7. The first-order valence-corrected chi connectivity index (χ1v) is 6.44. The SMILES string of the molecule is CCCCN(CCCl)c1ncnc(OC)c1C. The molecule has 1 heterocycles. The first-order valence-electron chi connectivity index (χ1n) is 5.91. The molecule has 96 valence electrons. The summed E-state index contributed by atoms with van der Waals surface area (Å²) in [6, 6.07) is 0. The number of aromatic nitrogens is 2. The number of rotatable bonds is 7. The topological polar surface area (TPSA) is 38.2 Å². The molecule has 0 fully saturated rings. The van der Waals surface area contributed by atoms with Crippen molar-refractivity contribution in [2.24, 2.45) is 0 Å². The van der Waals surface area contributed by atoms with Gasteiger partial charge in [0.1, 0.15) is 12.1 Å². The van der Waals surface area contributed by atoms with E-state index in [1.807, 2.05) is 6.92 Å². The molecule has 0 aliphatic carbocycles. The van der Waals surface area contributed by atoms with Crippen molar-refractivity contribution >= 4 is 17.4 Å². The lowest BCUT2D eigenvalue weighted by Crippen LogP contribution is -2.28. The highest BCUT2D eigenvalue weighted by atomic mass is 35.5. The van der Waals surface area contributed by atoms with Crippen molar-refractivity contribution in [1.82, 2.24) is 9.97 Å². The van der Waals surface area contributed by atoms with Gasteiger partial charge in [0.05, 0.1) is 12.7 Å². The highest BCUT2D eigenvalue weighted by Crippen LogP contribution is 2.23. The molecule has 0 radical (unpaired) electrons. The third-order valence-electron chi connectivity index (χ3n) is 2.64. The zero-order valence-corrected chi connectivity index (χ0v) is 11.5. The summed E-state index contributed by atoms with van der Waals surface area (Å²) in [5.74, 6) is 2.15. The second-order valence-corrected chi connectivity index (χ2v) is 4.24. The van der Waals surface area contributed by atoms with Gasteiger partial charge in [-0.2, -0.15) is 0 Å². The summed E-state index contributed by atoms with van der Waals surface area (Å²) in [4.78, 5) is 10.6. The largest absolute Gasteiger partial charge is 0.481 e. The predicted octanol–water partition coefficient (Wildman–Crippen LogP) is 2.64. The molecule has 0 saturated carbocycles. The van der Waals surface area contributed by atoms with Crippen LogP contribution < -0.4 is 9.64 Å². The van der Waals surface area contributed by atoms with E-state index >= 15 is 0 Å². The number of anilines is 1. The lowest BCUT2D eigenvalue weighted by atomic mass is 10.2. The molecule has 0 unspecified atom stereocenters. The average Bonchev–Trinajstić information content (AvgIpc) is 2.35. The molecule has 0 bridgehead atoms. The molecule has 0 aromatic carbocycles. The summed E-state index contributed by atoms with van der Waals surface area (Å²) in [5.41, 5.74) is 0.969. The van der Waals surface area contributed by atoms with Gasteiger partial charge in [0.25, 0.3) is 0 Å². The molecule has 0 aliphatic rings. The van der Waals surface area contributed by atoms with Gasteiger partial charge in [-0.1, -0.05) is 13.3 Å². The van der Waals surface area contributed by atoms with E-state index in [1.165, 1.54) is 6.33 Å². The summed E-state index contributed by atoms with van der Waals surface area (Å²) in [6.07, 6.45) is 3.82. The van der Waals surface area contributed by atoms with Crippen molar-refractivity contribution in [2.75, 3.05) is 31.0 Å². The van der Waals surface area contributed by atoms with Crippen molar-refractivity contribution in [2.45, 2.75) is 26.7 Å². The number of methoxy groups -OCH3 is 1. The second kappa shape index (κ2) is 7.33. The maximum atomic E-state index is 5.83. The van der Waals surface area contributed by atoms with Crippen molar-refractivity contribution in [1.29, 1.82) is 0 Å². The van der Waals surface area contributed by atoms with Crippen LogP contribution in [0.4, 0.5) is 5.82 Å². The van der Waals surface area contributed by atoms with Crippen LogP contribution in [0.1, 0.15) is 25.3 Å². The van der Waals surface area contributed by atoms with Crippen LogP contribution in [0.2, 0.25) is 0 Å². The fraction of sp³-hybridized carbons (Fsp3) is 0.667. The van der Waals surface area contributed by atoms with Crippen LogP contribution in [-0.4, -0.2) is 36.0 Å². The summed E-state index contributed by atoms with van der Waals surface area (Å²) < 4.78 is 5.21. The summed E-state index contributed by atoms with van der Waals surface area (Å²) in [6.45, 7) is 5.90. The number of ether oxygens (including phenoxy) is 1. The van der Waals surface area contributed by atoms with Gasteiger partial charge in [0.2, 0.25) is 5.88 Å². The lowest BCUT2D eigenvalue weighted by Gasteiger charge is -2.24. The number of hydrogen-bond acceptors (Lipinski definition) is 4. The van der Waals surface area contributed by atoms with Crippen molar-refractivity contribution < 1.29 is 4.74 Å². The van der Waals surface area contributed by atoms with E-state index in [0.29, 0.717) is 11.8 Å². The summed E-state index contributed by atoms with van der Waals surface area (Å²) in [7, 11) is 1.62. The first kappa shape index (κ1) is 14.0. The summed E-state index contributed by atoms with van der Waals surface area (Å²) in [5, 5.41) is 0. The van der Waals surface area contributed by atoms with Gasteiger partial charge in [-0.25, -0.2) is 9.97 Å². The third-order valence-corrected chi connectivity index (χ3v) is 2.81. The van der Waals surface area contributed by atoms with E-state index in [4.69, 9.17) is 16.3 Å². The Bertz CT molecular complexity index is 347. The van der Waals surface area contributed by atoms with E-state index in [0.717, 1.165) is 37.3 Å². The second-order valence-electron chi connectivity index (χ2n) is 3.86. The Hall–Kier alpha value is -1.03. The first-order chi connectivity index (χ1) is 8.24. The number of nitrogens with zero attached hydrogens (tertiary/aromatic N) is 3. The molecular weight excluding hydrogens is 238 g/mol. The van der Waals surface area contributed by atoms with Gasteiger partial charge in [-0.15, -0.1) is 11.6 Å². The van der Waals surface area contributed by atoms with Crippen molar-refractivity contribution in [3.63, 3.8) is 0 Å². The van der Waals surface area contributed by atoms with E-state index in [9.17, 15) is 0 Å². The monoisotopic (exact) mass is 257 g/mol. The molecule has 0 saturated heterocycles. The molecule has 5 heteroatoms. The zero-order chi connectivity index (χ0) is 12.7. The van der Waals surface area contributed by atoms with Gasteiger partial charge in [0.15, 0.2) is 0 Å². The molecule has 0 spiro atoms. The molecule has 1 aromatic rings. The van der Waals surface area contributed by atoms with Crippen LogP contribution in [0.15, 0.2) is 6.33 Å². The van der Waals surface area contributed by atoms with Gasteiger partial charge in [-0.05, 0) is 13.3 Å².